The molecule has 0 aromatic heterocycles. The van der Waals surface area contributed by atoms with E-state index in [-0.39, 0.29) is 18.9 Å². The summed E-state index contributed by atoms with van der Waals surface area (Å²) < 4.78 is 5.42. The molecule has 142 valence electrons. The van der Waals surface area contributed by atoms with Crippen LogP contribution in [0.25, 0.3) is 11.1 Å². The fraction of sp³-hybridized carbons (Fsp3) is 0.333. The highest BCUT2D eigenvalue weighted by Gasteiger charge is 2.35. The summed E-state index contributed by atoms with van der Waals surface area (Å²) in [5.41, 5.74) is 8.55. The van der Waals surface area contributed by atoms with Crippen LogP contribution in [0.15, 0.2) is 48.5 Å². The summed E-state index contributed by atoms with van der Waals surface area (Å²) in [5, 5.41) is 11.9. The summed E-state index contributed by atoms with van der Waals surface area (Å²) in [5.74, 6) is -1.17. The number of alkyl carbamates (subject to hydrolysis) is 1. The number of carbonyl (C=O) groups excluding carboxylic acids is 1. The molecule has 2 aromatic rings. The standard InChI is InChI=1S/C21H24N2O4/c1-21(19(24)25,11-6-12-22)23-20(26)27-13-18-16-9-4-2-7-14(16)15-8-3-5-10-17(15)18/h2-5,7-10,18H,6,11-13,22H2,1H3,(H,23,26)(H,24,25)/t21-/m0/s1. The van der Waals surface area contributed by atoms with E-state index < -0.39 is 17.6 Å². The molecule has 0 fully saturated rings. The Morgan fingerprint density at radius 1 is 1.11 bits per heavy atom. The van der Waals surface area contributed by atoms with Crippen molar-refractivity contribution in [2.75, 3.05) is 13.2 Å². The van der Waals surface area contributed by atoms with Crippen LogP contribution in [0, 0.1) is 0 Å². The van der Waals surface area contributed by atoms with E-state index in [9.17, 15) is 14.7 Å². The van der Waals surface area contributed by atoms with Gasteiger partial charge in [0.1, 0.15) is 12.1 Å². The summed E-state index contributed by atoms with van der Waals surface area (Å²) in [6, 6.07) is 16.1. The fourth-order valence-electron chi connectivity index (χ4n) is 3.54. The van der Waals surface area contributed by atoms with Crippen molar-refractivity contribution in [2.45, 2.75) is 31.2 Å². The molecule has 0 saturated carbocycles. The number of aliphatic carboxylic acids is 1. The number of carboxylic acid groups (broad SMARTS) is 1. The van der Waals surface area contributed by atoms with Gasteiger partial charge in [0.2, 0.25) is 0 Å². The third-order valence-corrected chi connectivity index (χ3v) is 5.07. The minimum Gasteiger partial charge on any atom is -0.480 e. The van der Waals surface area contributed by atoms with Crippen molar-refractivity contribution in [3.8, 4) is 11.1 Å². The van der Waals surface area contributed by atoms with Gasteiger partial charge in [0.05, 0.1) is 0 Å². The van der Waals surface area contributed by atoms with Gasteiger partial charge < -0.3 is 20.9 Å². The molecule has 1 atom stereocenters. The van der Waals surface area contributed by atoms with Crippen molar-refractivity contribution < 1.29 is 19.4 Å². The first-order valence-corrected chi connectivity index (χ1v) is 9.03. The van der Waals surface area contributed by atoms with Crippen molar-refractivity contribution in [1.82, 2.24) is 5.32 Å². The van der Waals surface area contributed by atoms with Crippen molar-refractivity contribution in [2.24, 2.45) is 5.73 Å². The Morgan fingerprint density at radius 2 is 1.67 bits per heavy atom. The Balaban J connectivity index is 1.71. The largest absolute Gasteiger partial charge is 0.480 e. The van der Waals surface area contributed by atoms with Crippen LogP contribution in [0.4, 0.5) is 4.79 Å². The molecule has 0 saturated heterocycles. The molecule has 0 bridgehead atoms. The molecular formula is C21H24N2O4. The molecule has 27 heavy (non-hydrogen) atoms. The Bertz CT molecular complexity index is 806. The molecule has 1 aliphatic rings. The predicted octanol–water partition coefficient (Wildman–Crippen LogP) is 3.11. The average molecular weight is 368 g/mol. The summed E-state index contributed by atoms with van der Waals surface area (Å²) in [6.07, 6.45) is -0.00561. The minimum absolute atomic E-state index is 0.0664. The number of hydrogen-bond donors (Lipinski definition) is 3. The van der Waals surface area contributed by atoms with Crippen LogP contribution in [0.5, 0.6) is 0 Å². The van der Waals surface area contributed by atoms with Gasteiger partial charge in [-0.05, 0) is 48.6 Å². The third-order valence-electron chi connectivity index (χ3n) is 5.07. The third kappa shape index (κ3) is 3.80. The van der Waals surface area contributed by atoms with Gasteiger partial charge in [0.25, 0.3) is 0 Å². The highest BCUT2D eigenvalue weighted by Crippen LogP contribution is 2.44. The highest BCUT2D eigenvalue weighted by atomic mass is 16.5. The molecular weight excluding hydrogens is 344 g/mol. The van der Waals surface area contributed by atoms with Crippen LogP contribution in [0.3, 0.4) is 0 Å². The van der Waals surface area contributed by atoms with Crippen molar-refractivity contribution in [1.29, 1.82) is 0 Å². The summed E-state index contributed by atoms with van der Waals surface area (Å²) in [4.78, 5) is 23.8. The van der Waals surface area contributed by atoms with E-state index in [0.717, 1.165) is 22.3 Å². The lowest BCUT2D eigenvalue weighted by Gasteiger charge is -2.26. The zero-order chi connectivity index (χ0) is 19.4. The summed E-state index contributed by atoms with van der Waals surface area (Å²) >= 11 is 0. The van der Waals surface area contributed by atoms with Gasteiger partial charge in [0.15, 0.2) is 0 Å². The number of benzene rings is 2. The number of hydrogen-bond acceptors (Lipinski definition) is 4. The molecule has 0 aliphatic heterocycles. The van der Waals surface area contributed by atoms with E-state index >= 15 is 0 Å². The van der Waals surface area contributed by atoms with Gasteiger partial charge in [-0.1, -0.05) is 48.5 Å². The van der Waals surface area contributed by atoms with Gasteiger partial charge in [0, 0.05) is 5.92 Å². The SMILES string of the molecule is C[C@@](CCCN)(NC(=O)OCC1c2ccccc2-c2ccccc21)C(=O)O. The lowest BCUT2D eigenvalue weighted by molar-refractivity contribution is -0.144. The van der Waals surface area contributed by atoms with E-state index in [1.54, 1.807) is 0 Å². The number of nitrogens with two attached hydrogens (primary N) is 1. The molecule has 0 radical (unpaired) electrons. The quantitative estimate of drug-likeness (QED) is 0.697. The second-order valence-corrected chi connectivity index (χ2v) is 6.98. The maximum Gasteiger partial charge on any atom is 0.408 e. The fourth-order valence-corrected chi connectivity index (χ4v) is 3.54. The number of carbonyl (C=O) groups is 2. The van der Waals surface area contributed by atoms with Gasteiger partial charge >= 0.3 is 12.1 Å². The molecule has 1 aliphatic carbocycles. The first kappa shape index (κ1) is 18.9. The number of carboxylic acids is 1. The first-order valence-electron chi connectivity index (χ1n) is 9.03. The normalized spacial score (nSPS) is 14.7. The van der Waals surface area contributed by atoms with Gasteiger partial charge in [-0.15, -0.1) is 0 Å². The van der Waals surface area contributed by atoms with Crippen LogP contribution < -0.4 is 11.1 Å². The van der Waals surface area contributed by atoms with Crippen molar-refractivity contribution in [3.63, 3.8) is 0 Å². The number of rotatable bonds is 7. The molecule has 4 N–H and O–H groups in total. The number of fused-ring (bicyclic) bond motifs is 3. The van der Waals surface area contributed by atoms with Crippen LogP contribution in [0.1, 0.15) is 36.8 Å². The second kappa shape index (κ2) is 7.80. The van der Waals surface area contributed by atoms with Gasteiger partial charge in [-0.3, -0.25) is 0 Å². The van der Waals surface area contributed by atoms with E-state index in [4.69, 9.17) is 10.5 Å². The average Bonchev–Trinajstić information content (AvgIpc) is 2.98. The van der Waals surface area contributed by atoms with Crippen LogP contribution >= 0.6 is 0 Å². The molecule has 0 spiro atoms. The molecule has 2 aromatic carbocycles. The lowest BCUT2D eigenvalue weighted by atomic mass is 9.96. The van der Waals surface area contributed by atoms with Crippen molar-refractivity contribution in [3.05, 3.63) is 59.7 Å². The summed E-state index contributed by atoms with van der Waals surface area (Å²) in [6.45, 7) is 1.97. The Kier molecular flexibility index (Phi) is 5.46. The van der Waals surface area contributed by atoms with Crippen LogP contribution in [-0.2, 0) is 9.53 Å². The van der Waals surface area contributed by atoms with E-state index in [0.29, 0.717) is 13.0 Å². The predicted molar refractivity (Wildman–Crippen MR) is 103 cm³/mol. The lowest BCUT2D eigenvalue weighted by Crippen LogP contribution is -2.52. The smallest absolute Gasteiger partial charge is 0.408 e. The maximum absolute atomic E-state index is 12.3. The van der Waals surface area contributed by atoms with Gasteiger partial charge in [-0.2, -0.15) is 0 Å². The summed E-state index contributed by atoms with van der Waals surface area (Å²) in [7, 11) is 0. The molecule has 0 unspecified atom stereocenters. The molecule has 6 nitrogen and oxygen atoms in total. The zero-order valence-electron chi connectivity index (χ0n) is 15.3. The van der Waals surface area contributed by atoms with Crippen molar-refractivity contribution >= 4 is 12.1 Å². The van der Waals surface area contributed by atoms with Crippen LogP contribution in [0.2, 0.25) is 0 Å². The monoisotopic (exact) mass is 368 g/mol. The molecule has 0 heterocycles. The Hall–Kier alpha value is -2.86. The highest BCUT2D eigenvalue weighted by molar-refractivity contribution is 5.84. The van der Waals surface area contributed by atoms with E-state index in [2.05, 4.69) is 17.4 Å². The van der Waals surface area contributed by atoms with Gasteiger partial charge in [-0.25, -0.2) is 9.59 Å². The number of ether oxygens (including phenoxy) is 1. The maximum atomic E-state index is 12.3. The van der Waals surface area contributed by atoms with E-state index in [1.807, 2.05) is 36.4 Å². The first-order chi connectivity index (χ1) is 13.0. The molecule has 3 rings (SSSR count). The molecule has 1 amide bonds. The van der Waals surface area contributed by atoms with Crippen LogP contribution in [-0.4, -0.2) is 35.9 Å². The second-order valence-electron chi connectivity index (χ2n) is 6.98. The zero-order valence-corrected chi connectivity index (χ0v) is 15.3. The number of nitrogens with one attached hydrogen (secondary N) is 1. The van der Waals surface area contributed by atoms with E-state index in [1.165, 1.54) is 6.92 Å². The topological polar surface area (TPSA) is 102 Å². The molecule has 6 heteroatoms. The Morgan fingerprint density at radius 3 is 2.19 bits per heavy atom. The number of amides is 1. The minimum atomic E-state index is -1.40. The Labute approximate surface area is 158 Å².